The van der Waals surface area contributed by atoms with Gasteiger partial charge < -0.3 is 10.4 Å². The van der Waals surface area contributed by atoms with Crippen LogP contribution in [0.15, 0.2) is 42.5 Å². The first kappa shape index (κ1) is 14.6. The van der Waals surface area contributed by atoms with Gasteiger partial charge in [0.2, 0.25) is 0 Å². The average Bonchev–Trinajstić information content (AvgIpc) is 2.80. The van der Waals surface area contributed by atoms with Crippen molar-refractivity contribution in [1.82, 2.24) is 5.32 Å². The quantitative estimate of drug-likeness (QED) is 0.754. The molecular weight excluding hydrogens is 306 g/mol. The zero-order valence-electron chi connectivity index (χ0n) is 11.4. The second kappa shape index (κ2) is 5.11. The highest BCUT2D eigenvalue weighted by atomic mass is 32.2. The fourth-order valence-corrected chi connectivity index (χ4v) is 4.02. The van der Waals surface area contributed by atoms with Crippen molar-refractivity contribution < 1.29 is 22.9 Å². The summed E-state index contributed by atoms with van der Waals surface area (Å²) in [6.45, 7) is -0.0293. The molecule has 0 spiro atoms. The van der Waals surface area contributed by atoms with E-state index < -0.39 is 21.5 Å². The molecule has 1 aliphatic rings. The van der Waals surface area contributed by atoms with Gasteiger partial charge in [-0.15, -0.1) is 0 Å². The molecule has 2 aromatic carbocycles. The molecule has 3 N–H and O–H groups in total. The molecule has 1 amide bonds. The molecule has 0 fully saturated rings. The van der Waals surface area contributed by atoms with Crippen LogP contribution in [0.3, 0.4) is 0 Å². The average molecular weight is 319 g/mol. The molecule has 1 atom stereocenters. The molecular formula is C15H13NO5S. The molecule has 0 bridgehead atoms. The number of hydrogen-bond acceptors (Lipinski definition) is 3. The van der Waals surface area contributed by atoms with E-state index in [9.17, 15) is 17.8 Å². The summed E-state index contributed by atoms with van der Waals surface area (Å²) in [5.41, 5.74) is 2.89. The minimum atomic E-state index is -4.37. The summed E-state index contributed by atoms with van der Waals surface area (Å²) < 4.78 is 33.4. The summed E-state index contributed by atoms with van der Waals surface area (Å²) in [5, 5.41) is 9.79. The lowest BCUT2D eigenvalue weighted by Gasteiger charge is -2.14. The van der Waals surface area contributed by atoms with Crippen LogP contribution in [0.4, 0.5) is 4.79 Å². The topological polar surface area (TPSA) is 104 Å². The normalized spacial score (nSPS) is 16.0. The van der Waals surface area contributed by atoms with Crippen molar-refractivity contribution in [2.75, 3.05) is 0 Å². The fraction of sp³-hybridized carbons (Fsp3) is 0.133. The summed E-state index contributed by atoms with van der Waals surface area (Å²) in [4.78, 5) is 10.7. The molecule has 3 rings (SSSR count). The number of nitrogens with one attached hydrogen (secondary N) is 1. The number of carboxylic acid groups (broad SMARTS) is 1. The van der Waals surface area contributed by atoms with Crippen molar-refractivity contribution in [3.63, 3.8) is 0 Å². The highest BCUT2D eigenvalue weighted by Gasteiger charge is 2.38. The van der Waals surface area contributed by atoms with Crippen LogP contribution in [0.5, 0.6) is 0 Å². The monoisotopic (exact) mass is 319 g/mol. The Hall–Kier alpha value is -2.38. The third-order valence-electron chi connectivity index (χ3n) is 3.72. The van der Waals surface area contributed by atoms with Crippen LogP contribution in [0.25, 0.3) is 11.1 Å². The van der Waals surface area contributed by atoms with Crippen molar-refractivity contribution in [3.8, 4) is 11.1 Å². The van der Waals surface area contributed by atoms with Gasteiger partial charge in [-0.2, -0.15) is 8.42 Å². The van der Waals surface area contributed by atoms with Gasteiger partial charge >= 0.3 is 6.09 Å². The molecule has 0 aliphatic heterocycles. The van der Waals surface area contributed by atoms with E-state index in [1.54, 1.807) is 42.5 Å². The predicted octanol–water partition coefficient (Wildman–Crippen LogP) is 2.41. The van der Waals surface area contributed by atoms with Gasteiger partial charge in [-0.1, -0.05) is 42.5 Å². The second-order valence-electron chi connectivity index (χ2n) is 5.02. The third kappa shape index (κ3) is 2.34. The molecule has 0 saturated carbocycles. The molecule has 114 valence electrons. The molecule has 1 unspecified atom stereocenters. The molecule has 22 heavy (non-hydrogen) atoms. The van der Waals surface area contributed by atoms with Crippen molar-refractivity contribution in [1.29, 1.82) is 0 Å². The zero-order chi connectivity index (χ0) is 15.9. The van der Waals surface area contributed by atoms with Gasteiger partial charge in [0.25, 0.3) is 10.1 Å². The molecule has 1 aliphatic carbocycles. The molecule has 0 aromatic heterocycles. The van der Waals surface area contributed by atoms with Gasteiger partial charge in [-0.05, 0) is 27.8 Å². The number of fused-ring (bicyclic) bond motifs is 3. The minimum Gasteiger partial charge on any atom is -0.465 e. The van der Waals surface area contributed by atoms with Crippen LogP contribution in [0.1, 0.15) is 21.9 Å². The lowest BCUT2D eigenvalue weighted by atomic mass is 10.0. The minimum absolute atomic E-state index is 0.0293. The van der Waals surface area contributed by atoms with Crippen LogP contribution in [0, 0.1) is 0 Å². The number of carbonyl (C=O) groups is 1. The van der Waals surface area contributed by atoms with Gasteiger partial charge in [-0.3, -0.25) is 4.55 Å². The predicted molar refractivity (Wildman–Crippen MR) is 80.1 cm³/mol. The zero-order valence-corrected chi connectivity index (χ0v) is 12.2. The van der Waals surface area contributed by atoms with Crippen molar-refractivity contribution in [3.05, 3.63) is 59.2 Å². The van der Waals surface area contributed by atoms with Crippen LogP contribution in [-0.2, 0) is 16.7 Å². The van der Waals surface area contributed by atoms with Gasteiger partial charge in [-0.25, -0.2) is 4.79 Å². The van der Waals surface area contributed by atoms with E-state index in [2.05, 4.69) is 5.32 Å². The number of rotatable bonds is 3. The Morgan fingerprint density at radius 3 is 2.45 bits per heavy atom. The van der Waals surface area contributed by atoms with Gasteiger partial charge in [0.15, 0.2) is 0 Å². The molecule has 7 heteroatoms. The van der Waals surface area contributed by atoms with Gasteiger partial charge in [0.05, 0.1) is 0 Å². The van der Waals surface area contributed by atoms with E-state index in [-0.39, 0.29) is 6.54 Å². The molecule has 6 nitrogen and oxygen atoms in total. The summed E-state index contributed by atoms with van der Waals surface area (Å²) in [6.07, 6.45) is -1.20. The summed E-state index contributed by atoms with van der Waals surface area (Å²) >= 11 is 0. The number of amides is 1. The first-order valence-electron chi connectivity index (χ1n) is 6.54. The SMILES string of the molecule is O=C(O)NCc1cccc2c1C(S(=O)(=O)O)c1ccccc1-2. The highest BCUT2D eigenvalue weighted by molar-refractivity contribution is 7.86. The Kier molecular flexibility index (Phi) is 3.38. The lowest BCUT2D eigenvalue weighted by Crippen LogP contribution is -2.22. The Morgan fingerprint density at radius 2 is 1.77 bits per heavy atom. The van der Waals surface area contributed by atoms with Crippen LogP contribution >= 0.6 is 0 Å². The maximum absolute atomic E-state index is 11.9. The molecule has 2 aromatic rings. The van der Waals surface area contributed by atoms with Crippen LogP contribution in [-0.4, -0.2) is 24.2 Å². The maximum atomic E-state index is 11.9. The highest BCUT2D eigenvalue weighted by Crippen LogP contribution is 2.48. The van der Waals surface area contributed by atoms with Crippen molar-refractivity contribution >= 4 is 16.2 Å². The van der Waals surface area contributed by atoms with E-state index in [4.69, 9.17) is 5.11 Å². The second-order valence-corrected chi connectivity index (χ2v) is 6.52. The number of benzene rings is 2. The Balaban J connectivity index is 2.22. The summed E-state index contributed by atoms with van der Waals surface area (Å²) in [6, 6.07) is 12.1. The van der Waals surface area contributed by atoms with Crippen molar-refractivity contribution in [2.45, 2.75) is 11.8 Å². The van der Waals surface area contributed by atoms with Gasteiger partial charge in [0.1, 0.15) is 5.25 Å². The van der Waals surface area contributed by atoms with E-state index >= 15 is 0 Å². The smallest absolute Gasteiger partial charge is 0.404 e. The molecule has 0 heterocycles. The fourth-order valence-electron chi connectivity index (χ4n) is 2.92. The van der Waals surface area contributed by atoms with E-state index in [1.165, 1.54) is 0 Å². The standard InChI is InChI=1S/C15H13NO5S/c17-15(18)16-8-9-4-3-7-11-10-5-1-2-6-12(10)14(13(9)11)22(19,20)21/h1-7,14,16H,8H2,(H,17,18)(H,19,20,21). The third-order valence-corrected chi connectivity index (χ3v) is 4.81. The number of hydrogen-bond donors (Lipinski definition) is 3. The van der Waals surface area contributed by atoms with Crippen LogP contribution < -0.4 is 5.32 Å². The summed E-state index contributed by atoms with van der Waals surface area (Å²) in [5.74, 6) is 0. The largest absolute Gasteiger partial charge is 0.465 e. The van der Waals surface area contributed by atoms with Crippen molar-refractivity contribution in [2.24, 2.45) is 0 Å². The van der Waals surface area contributed by atoms with Crippen LogP contribution in [0.2, 0.25) is 0 Å². The first-order chi connectivity index (χ1) is 10.4. The Labute approximate surface area is 127 Å². The van der Waals surface area contributed by atoms with E-state index in [0.717, 1.165) is 5.56 Å². The van der Waals surface area contributed by atoms with Gasteiger partial charge in [0, 0.05) is 6.54 Å². The Morgan fingerprint density at radius 1 is 1.09 bits per heavy atom. The van der Waals surface area contributed by atoms with E-state index in [1.807, 2.05) is 0 Å². The molecule has 0 radical (unpaired) electrons. The van der Waals surface area contributed by atoms with E-state index in [0.29, 0.717) is 22.3 Å². The lowest BCUT2D eigenvalue weighted by molar-refractivity contribution is 0.194. The molecule has 0 saturated heterocycles. The Bertz CT molecular complexity index is 860. The maximum Gasteiger partial charge on any atom is 0.404 e. The summed E-state index contributed by atoms with van der Waals surface area (Å²) in [7, 11) is -4.37. The first-order valence-corrected chi connectivity index (χ1v) is 8.04.